The van der Waals surface area contributed by atoms with Gasteiger partial charge < -0.3 is 5.11 Å². The van der Waals surface area contributed by atoms with Crippen molar-refractivity contribution in [2.24, 2.45) is 0 Å². The van der Waals surface area contributed by atoms with E-state index in [9.17, 15) is 21.6 Å². The van der Waals surface area contributed by atoms with Crippen molar-refractivity contribution in [1.29, 1.82) is 0 Å². The molecule has 10 heteroatoms. The Balaban J connectivity index is 2.41. The first-order valence-corrected chi connectivity index (χ1v) is 7.43. The summed E-state index contributed by atoms with van der Waals surface area (Å²) in [5.41, 5.74) is 0. The average Bonchev–Trinajstić information content (AvgIpc) is 2.77. The number of unbranched alkanes of at least 4 members (excludes halogenated alkanes) is 1. The zero-order chi connectivity index (χ0) is 15.2. The summed E-state index contributed by atoms with van der Waals surface area (Å²) in [6.07, 6.45) is -2.81. The Morgan fingerprint density at radius 2 is 2.05 bits per heavy atom. The summed E-state index contributed by atoms with van der Waals surface area (Å²) in [4.78, 5) is -0.0817. The number of nitrogens with one attached hydrogen (secondary N) is 1. The van der Waals surface area contributed by atoms with E-state index >= 15 is 0 Å². The van der Waals surface area contributed by atoms with Gasteiger partial charge in [-0.3, -0.25) is 4.68 Å². The van der Waals surface area contributed by atoms with Gasteiger partial charge in [-0.25, -0.2) is 13.1 Å². The smallest absolute Gasteiger partial charge is 0.389 e. The Bertz CT molecular complexity index is 513. The third kappa shape index (κ3) is 5.88. The summed E-state index contributed by atoms with van der Waals surface area (Å²) in [7, 11) is -3.77. The molecule has 0 radical (unpaired) electrons. The van der Waals surface area contributed by atoms with Gasteiger partial charge in [0.1, 0.15) is 4.90 Å². The number of hydrogen-bond acceptors (Lipinski definition) is 4. The number of alkyl halides is 3. The molecule has 1 rings (SSSR count). The lowest BCUT2D eigenvalue weighted by atomic mass is 10.2. The van der Waals surface area contributed by atoms with Crippen LogP contribution in [0.2, 0.25) is 0 Å². The van der Waals surface area contributed by atoms with Crippen LogP contribution in [0.25, 0.3) is 0 Å². The van der Waals surface area contributed by atoms with Gasteiger partial charge in [0, 0.05) is 19.2 Å². The molecule has 0 saturated heterocycles. The van der Waals surface area contributed by atoms with Crippen LogP contribution in [0.3, 0.4) is 0 Å². The number of aliphatic hydroxyl groups excluding tert-OH is 1. The number of aliphatic hydroxyl groups is 1. The van der Waals surface area contributed by atoms with E-state index in [0.717, 1.165) is 6.20 Å². The maximum absolute atomic E-state index is 11.9. The molecule has 0 spiro atoms. The van der Waals surface area contributed by atoms with Crippen LogP contribution in [0.4, 0.5) is 13.2 Å². The highest BCUT2D eigenvalue weighted by Gasteiger charge is 2.26. The first-order chi connectivity index (χ1) is 9.24. The van der Waals surface area contributed by atoms with Crippen molar-refractivity contribution in [3.63, 3.8) is 0 Å². The predicted octanol–water partition coefficient (Wildman–Crippen LogP) is 0.886. The molecule has 0 aromatic carbocycles. The lowest BCUT2D eigenvalue weighted by Gasteiger charge is -2.06. The highest BCUT2D eigenvalue weighted by molar-refractivity contribution is 7.89. The van der Waals surface area contributed by atoms with Crippen molar-refractivity contribution >= 4 is 10.0 Å². The van der Waals surface area contributed by atoms with Crippen LogP contribution in [0.15, 0.2) is 17.3 Å². The van der Waals surface area contributed by atoms with Gasteiger partial charge in [0.25, 0.3) is 0 Å². The monoisotopic (exact) mass is 315 g/mol. The van der Waals surface area contributed by atoms with Gasteiger partial charge in [-0.05, 0) is 12.8 Å². The van der Waals surface area contributed by atoms with Gasteiger partial charge in [-0.1, -0.05) is 0 Å². The first kappa shape index (κ1) is 16.9. The molecule has 0 amide bonds. The molecule has 20 heavy (non-hydrogen) atoms. The highest BCUT2D eigenvalue weighted by Crippen LogP contribution is 2.21. The Hall–Kier alpha value is -1.13. The maximum atomic E-state index is 11.9. The van der Waals surface area contributed by atoms with Crippen LogP contribution in [-0.4, -0.2) is 42.6 Å². The second kappa shape index (κ2) is 7.04. The van der Waals surface area contributed by atoms with Crippen molar-refractivity contribution in [1.82, 2.24) is 14.5 Å². The van der Waals surface area contributed by atoms with Crippen molar-refractivity contribution in [2.45, 2.75) is 36.9 Å². The zero-order valence-electron chi connectivity index (χ0n) is 10.6. The van der Waals surface area contributed by atoms with Crippen LogP contribution in [0.1, 0.15) is 19.3 Å². The van der Waals surface area contributed by atoms with Crippen molar-refractivity contribution in [3.05, 3.63) is 12.4 Å². The van der Waals surface area contributed by atoms with E-state index in [2.05, 4.69) is 9.82 Å². The van der Waals surface area contributed by atoms with Crippen molar-refractivity contribution in [3.8, 4) is 0 Å². The SMILES string of the molecule is O=S(=O)(NCCCCC(F)(F)F)c1cnn(CCO)c1. The molecule has 6 nitrogen and oxygen atoms in total. The molecule has 1 heterocycles. The van der Waals surface area contributed by atoms with E-state index in [-0.39, 0.29) is 37.4 Å². The number of hydrogen-bond donors (Lipinski definition) is 2. The molecular weight excluding hydrogens is 299 g/mol. The summed E-state index contributed by atoms with van der Waals surface area (Å²) in [6, 6.07) is 0. The Morgan fingerprint density at radius 1 is 1.35 bits per heavy atom. The van der Waals surface area contributed by atoms with E-state index in [4.69, 9.17) is 5.11 Å². The summed E-state index contributed by atoms with van der Waals surface area (Å²) in [6.45, 7) is -0.0727. The molecule has 2 N–H and O–H groups in total. The normalized spacial score (nSPS) is 12.8. The van der Waals surface area contributed by atoms with Gasteiger partial charge in [0.15, 0.2) is 0 Å². The molecule has 0 aliphatic carbocycles. The van der Waals surface area contributed by atoms with Crippen LogP contribution >= 0.6 is 0 Å². The quantitative estimate of drug-likeness (QED) is 0.698. The molecule has 1 aromatic rings. The van der Waals surface area contributed by atoms with E-state index in [1.54, 1.807) is 0 Å². The summed E-state index contributed by atoms with van der Waals surface area (Å²) in [5.74, 6) is 0. The molecule has 0 bridgehead atoms. The van der Waals surface area contributed by atoms with Gasteiger partial charge in [-0.15, -0.1) is 0 Å². The van der Waals surface area contributed by atoms with Crippen LogP contribution < -0.4 is 4.72 Å². The number of sulfonamides is 1. The molecule has 0 unspecified atom stereocenters. The lowest BCUT2D eigenvalue weighted by Crippen LogP contribution is -2.24. The van der Waals surface area contributed by atoms with E-state index in [1.807, 2.05) is 0 Å². The first-order valence-electron chi connectivity index (χ1n) is 5.94. The van der Waals surface area contributed by atoms with Gasteiger partial charge in [0.2, 0.25) is 10.0 Å². The molecule has 1 aromatic heterocycles. The van der Waals surface area contributed by atoms with E-state index < -0.39 is 22.6 Å². The fourth-order valence-electron chi connectivity index (χ4n) is 1.45. The minimum absolute atomic E-state index is 0.0659. The zero-order valence-corrected chi connectivity index (χ0v) is 11.4. The third-order valence-corrected chi connectivity index (χ3v) is 3.84. The lowest BCUT2D eigenvalue weighted by molar-refractivity contribution is -0.135. The van der Waals surface area contributed by atoms with Gasteiger partial charge >= 0.3 is 6.18 Å². The fraction of sp³-hybridized carbons (Fsp3) is 0.700. The highest BCUT2D eigenvalue weighted by atomic mass is 32.2. The fourth-order valence-corrected chi connectivity index (χ4v) is 2.47. The Kier molecular flexibility index (Phi) is 5.96. The standard InChI is InChI=1S/C10H16F3N3O3S/c11-10(12,13)3-1-2-4-15-20(18,19)9-7-14-16(8-9)5-6-17/h7-8,15,17H,1-6H2. The summed E-state index contributed by atoms with van der Waals surface area (Å²) in [5, 5.41) is 12.4. The number of aromatic nitrogens is 2. The van der Waals surface area contributed by atoms with Crippen LogP contribution in [-0.2, 0) is 16.6 Å². The Morgan fingerprint density at radius 3 is 2.65 bits per heavy atom. The second-order valence-corrected chi connectivity index (χ2v) is 5.90. The largest absolute Gasteiger partial charge is 0.394 e. The third-order valence-electron chi connectivity index (χ3n) is 2.43. The predicted molar refractivity (Wildman–Crippen MR) is 64.4 cm³/mol. The minimum Gasteiger partial charge on any atom is -0.394 e. The molecule has 0 aliphatic rings. The molecule has 0 aliphatic heterocycles. The molecule has 0 fully saturated rings. The topological polar surface area (TPSA) is 84.2 Å². The summed E-state index contributed by atoms with van der Waals surface area (Å²) >= 11 is 0. The van der Waals surface area contributed by atoms with Crippen LogP contribution in [0, 0.1) is 0 Å². The van der Waals surface area contributed by atoms with E-state index in [1.165, 1.54) is 10.9 Å². The van der Waals surface area contributed by atoms with Crippen LogP contribution in [0.5, 0.6) is 0 Å². The Labute approximate surface area is 114 Å². The number of halogens is 3. The molecule has 116 valence electrons. The number of nitrogens with zero attached hydrogens (tertiary/aromatic N) is 2. The van der Waals surface area contributed by atoms with Crippen molar-refractivity contribution < 1.29 is 26.7 Å². The second-order valence-electron chi connectivity index (χ2n) is 4.13. The summed E-state index contributed by atoms with van der Waals surface area (Å²) < 4.78 is 62.7. The number of rotatable bonds is 8. The van der Waals surface area contributed by atoms with Gasteiger partial charge in [0.05, 0.1) is 19.3 Å². The van der Waals surface area contributed by atoms with E-state index in [0.29, 0.717) is 0 Å². The van der Waals surface area contributed by atoms with Crippen molar-refractivity contribution in [2.75, 3.05) is 13.2 Å². The molecule has 0 atom stereocenters. The molecular formula is C10H16F3N3O3S. The molecule has 0 saturated carbocycles. The average molecular weight is 315 g/mol. The minimum atomic E-state index is -4.22. The van der Waals surface area contributed by atoms with Gasteiger partial charge in [-0.2, -0.15) is 18.3 Å². The maximum Gasteiger partial charge on any atom is 0.389 e.